The zero-order valence-corrected chi connectivity index (χ0v) is 18.5. The molecule has 9 nitrogen and oxygen atoms in total. The molecule has 2 atom stereocenters. The molecular formula is C22H29N7O2. The number of benzene rings is 1. The van der Waals surface area contributed by atoms with E-state index in [0.717, 1.165) is 17.5 Å². The number of aromatic hydroxyl groups is 1. The normalized spacial score (nSPS) is 22.3. The summed E-state index contributed by atoms with van der Waals surface area (Å²) < 4.78 is 0. The second-order valence-electron chi connectivity index (χ2n) is 9.42. The zero-order valence-electron chi connectivity index (χ0n) is 18.5. The topological polar surface area (TPSA) is 123 Å². The lowest BCUT2D eigenvalue weighted by atomic mass is 9.77. The number of anilines is 1. The van der Waals surface area contributed by atoms with E-state index in [1.165, 1.54) is 0 Å². The summed E-state index contributed by atoms with van der Waals surface area (Å²) in [7, 11) is 1.87. The first-order chi connectivity index (χ1) is 14.6. The van der Waals surface area contributed by atoms with Crippen LogP contribution in [0.1, 0.15) is 34.1 Å². The molecule has 1 saturated heterocycles. The highest BCUT2D eigenvalue weighted by atomic mass is 16.3. The van der Waals surface area contributed by atoms with Crippen LogP contribution in [0.25, 0.3) is 22.4 Å². The molecule has 3 aromatic rings. The second-order valence-corrected chi connectivity index (χ2v) is 9.42. The van der Waals surface area contributed by atoms with Crippen molar-refractivity contribution in [2.75, 3.05) is 11.9 Å². The maximum atomic E-state index is 10.9. The summed E-state index contributed by atoms with van der Waals surface area (Å²) in [4.78, 5) is 6.35. The number of aromatic amines is 1. The minimum Gasteiger partial charge on any atom is -0.507 e. The number of phenols is 1. The lowest BCUT2D eigenvalue weighted by molar-refractivity contribution is -0.00390. The fourth-order valence-electron chi connectivity index (χ4n) is 4.50. The molecule has 0 spiro atoms. The maximum absolute atomic E-state index is 10.9. The quantitative estimate of drug-likeness (QED) is 0.504. The molecule has 2 aromatic heterocycles. The molecule has 4 N–H and O–H groups in total. The second kappa shape index (κ2) is 7.58. The summed E-state index contributed by atoms with van der Waals surface area (Å²) in [5, 5.41) is 40.2. The molecular weight excluding hydrogens is 394 g/mol. The van der Waals surface area contributed by atoms with E-state index in [9.17, 15) is 10.2 Å². The molecule has 1 aromatic carbocycles. The van der Waals surface area contributed by atoms with Gasteiger partial charge in [-0.25, -0.2) is 4.98 Å². The number of likely N-dealkylation sites (N-methyl/N-ethyl adjacent to an activating group) is 1. The van der Waals surface area contributed by atoms with Gasteiger partial charge in [-0.1, -0.05) is 6.07 Å². The van der Waals surface area contributed by atoms with Gasteiger partial charge in [-0.3, -0.25) is 5.10 Å². The summed E-state index contributed by atoms with van der Waals surface area (Å²) >= 11 is 0. The van der Waals surface area contributed by atoms with Crippen LogP contribution in [0.5, 0.6) is 5.75 Å². The van der Waals surface area contributed by atoms with Gasteiger partial charge in [-0.05, 0) is 51.8 Å². The van der Waals surface area contributed by atoms with Gasteiger partial charge in [0.1, 0.15) is 11.4 Å². The average Bonchev–Trinajstić information content (AvgIpc) is 3.24. The number of rotatable bonds is 4. The van der Waals surface area contributed by atoms with Gasteiger partial charge in [0, 0.05) is 35.4 Å². The minimum atomic E-state index is -0.603. The number of phenolic OH excluding ortho intramolecular Hbond substituents is 1. The Bertz CT molecular complexity index is 1050. The number of nitrogens with one attached hydrogen (secondary N) is 2. The van der Waals surface area contributed by atoms with E-state index in [1.54, 1.807) is 30.7 Å². The van der Waals surface area contributed by atoms with E-state index < -0.39 is 11.6 Å². The predicted molar refractivity (Wildman–Crippen MR) is 119 cm³/mol. The molecule has 1 aliphatic heterocycles. The summed E-state index contributed by atoms with van der Waals surface area (Å²) in [6.45, 7) is 8.24. The molecule has 31 heavy (non-hydrogen) atoms. The molecule has 9 heteroatoms. The molecule has 0 bridgehead atoms. The summed E-state index contributed by atoms with van der Waals surface area (Å²) in [5.41, 5.74) is 2.16. The Kier molecular flexibility index (Phi) is 5.18. The molecule has 0 amide bonds. The van der Waals surface area contributed by atoms with Crippen molar-refractivity contribution in [3.63, 3.8) is 0 Å². The molecule has 1 unspecified atom stereocenters. The van der Waals surface area contributed by atoms with E-state index in [1.807, 2.05) is 31.9 Å². The van der Waals surface area contributed by atoms with Crippen molar-refractivity contribution in [2.24, 2.45) is 0 Å². The van der Waals surface area contributed by atoms with E-state index >= 15 is 0 Å². The van der Waals surface area contributed by atoms with Crippen LogP contribution >= 0.6 is 0 Å². The van der Waals surface area contributed by atoms with Crippen molar-refractivity contribution in [1.82, 2.24) is 30.7 Å². The highest BCUT2D eigenvalue weighted by Gasteiger charge is 2.46. The number of nitrogens with zero attached hydrogens (tertiary/aromatic N) is 5. The lowest BCUT2D eigenvalue weighted by Crippen LogP contribution is -2.70. The fourth-order valence-corrected chi connectivity index (χ4v) is 4.50. The van der Waals surface area contributed by atoms with Crippen molar-refractivity contribution < 1.29 is 10.2 Å². The first kappa shape index (κ1) is 21.2. The molecule has 164 valence electrons. The molecule has 1 fully saturated rings. The van der Waals surface area contributed by atoms with E-state index in [0.29, 0.717) is 17.2 Å². The molecule has 1 aliphatic rings. The minimum absolute atomic E-state index is 0.0909. The Labute approximate surface area is 181 Å². The summed E-state index contributed by atoms with van der Waals surface area (Å²) in [5.74, 6) is 0.518. The fraction of sp³-hybridized carbons (Fsp3) is 0.455. The number of aromatic nitrogens is 5. The van der Waals surface area contributed by atoms with Crippen LogP contribution in [-0.4, -0.2) is 65.9 Å². The van der Waals surface area contributed by atoms with Crippen LogP contribution in [0.4, 0.5) is 5.95 Å². The van der Waals surface area contributed by atoms with Crippen LogP contribution < -0.4 is 10.2 Å². The highest BCUT2D eigenvalue weighted by Crippen LogP contribution is 2.34. The molecule has 3 heterocycles. The SMILES string of the molecule is CN(c1ncc(-c2ccc(-c3cn[nH]c3)cc2O)nn1)C1CC(C)(C)NC(C)(C)[C@H]1O. The van der Waals surface area contributed by atoms with Crippen molar-refractivity contribution in [1.29, 1.82) is 0 Å². The van der Waals surface area contributed by atoms with E-state index in [4.69, 9.17) is 0 Å². The molecule has 0 saturated carbocycles. The number of hydrogen-bond donors (Lipinski definition) is 4. The molecule has 0 aliphatic carbocycles. The lowest BCUT2D eigenvalue weighted by Gasteiger charge is -2.52. The Balaban J connectivity index is 1.57. The average molecular weight is 424 g/mol. The monoisotopic (exact) mass is 423 g/mol. The van der Waals surface area contributed by atoms with Crippen molar-refractivity contribution >= 4 is 5.95 Å². The summed E-state index contributed by atoms with van der Waals surface area (Å²) in [6.07, 6.45) is 5.18. The number of piperidine rings is 1. The van der Waals surface area contributed by atoms with Crippen LogP contribution in [0.15, 0.2) is 36.8 Å². The molecule has 0 radical (unpaired) electrons. The van der Waals surface area contributed by atoms with Crippen LogP contribution in [0.2, 0.25) is 0 Å². The van der Waals surface area contributed by atoms with Gasteiger partial charge < -0.3 is 20.4 Å². The van der Waals surface area contributed by atoms with Crippen LogP contribution in [0.3, 0.4) is 0 Å². The summed E-state index contributed by atoms with van der Waals surface area (Å²) in [6, 6.07) is 5.17. The zero-order chi connectivity index (χ0) is 22.4. The van der Waals surface area contributed by atoms with E-state index in [2.05, 4.69) is 44.5 Å². The van der Waals surface area contributed by atoms with Crippen molar-refractivity contribution in [2.45, 2.75) is 57.3 Å². The maximum Gasteiger partial charge on any atom is 0.245 e. The number of aliphatic hydroxyl groups excluding tert-OH is 1. The Morgan fingerprint density at radius 3 is 2.48 bits per heavy atom. The van der Waals surface area contributed by atoms with Gasteiger partial charge in [-0.15, -0.1) is 10.2 Å². The third kappa shape index (κ3) is 4.11. The largest absolute Gasteiger partial charge is 0.507 e. The van der Waals surface area contributed by atoms with Gasteiger partial charge >= 0.3 is 0 Å². The third-order valence-corrected chi connectivity index (χ3v) is 5.95. The van der Waals surface area contributed by atoms with Crippen molar-refractivity contribution in [3.8, 4) is 28.1 Å². The standard InChI is InChI=1S/C22H29N7O2/c1-21(2)9-17(19(31)22(3,4)28-21)29(5)20-23-12-16(26-27-20)15-7-6-13(8-18(15)30)14-10-24-25-11-14/h6-8,10-12,17,19,28,30-31H,9H2,1-5H3,(H,24,25)/t17?,19-/m0/s1. The Morgan fingerprint density at radius 1 is 1.10 bits per heavy atom. The Morgan fingerprint density at radius 2 is 1.87 bits per heavy atom. The van der Waals surface area contributed by atoms with Gasteiger partial charge in [0.25, 0.3) is 0 Å². The number of aliphatic hydroxyl groups is 1. The van der Waals surface area contributed by atoms with Gasteiger partial charge in [0.2, 0.25) is 5.95 Å². The first-order valence-electron chi connectivity index (χ1n) is 10.3. The van der Waals surface area contributed by atoms with E-state index in [-0.39, 0.29) is 17.3 Å². The third-order valence-electron chi connectivity index (χ3n) is 5.95. The number of H-pyrrole nitrogens is 1. The van der Waals surface area contributed by atoms with Gasteiger partial charge in [0.15, 0.2) is 0 Å². The Hall–Kier alpha value is -3.04. The predicted octanol–water partition coefficient (Wildman–Crippen LogP) is 2.35. The van der Waals surface area contributed by atoms with Crippen LogP contribution in [0, 0.1) is 0 Å². The van der Waals surface area contributed by atoms with Gasteiger partial charge in [-0.2, -0.15) is 5.10 Å². The smallest absolute Gasteiger partial charge is 0.245 e. The van der Waals surface area contributed by atoms with Gasteiger partial charge in [0.05, 0.1) is 24.5 Å². The van der Waals surface area contributed by atoms with Crippen LogP contribution in [-0.2, 0) is 0 Å². The van der Waals surface area contributed by atoms with Crippen molar-refractivity contribution in [3.05, 3.63) is 36.8 Å². The number of hydrogen-bond acceptors (Lipinski definition) is 8. The first-order valence-corrected chi connectivity index (χ1v) is 10.3. The molecule has 4 rings (SSSR count). The highest BCUT2D eigenvalue weighted by molar-refractivity contribution is 5.73.